The molecule has 2 aromatic heterocycles. The van der Waals surface area contributed by atoms with Gasteiger partial charge in [-0.1, -0.05) is 13.8 Å². The van der Waals surface area contributed by atoms with Crippen molar-refractivity contribution in [3.8, 4) is 27.4 Å². The highest BCUT2D eigenvalue weighted by Gasteiger charge is 2.17. The largest absolute Gasteiger partial charge is 0.493 e. The number of aromatic carboxylic acids is 1. The number of hydrogen-bond acceptors (Lipinski definition) is 5. The van der Waals surface area contributed by atoms with Gasteiger partial charge in [0.15, 0.2) is 0 Å². The monoisotopic (exact) mass is 357 g/mol. The van der Waals surface area contributed by atoms with Crippen molar-refractivity contribution in [2.75, 3.05) is 6.61 Å². The summed E-state index contributed by atoms with van der Waals surface area (Å²) in [6.07, 6.45) is 3.54. The standard InChI is InChI=1S/C18H19N3O3S/c1-10(2)9-24-15-5-4-12(6-14(15)13-7-19-20-8-13)17-21-11(3)16(25-17)18(22)23/h4-8,10H,9H2,1-3H3,(H,19,20)(H,22,23). The average molecular weight is 357 g/mol. The first-order chi connectivity index (χ1) is 12.0. The van der Waals surface area contributed by atoms with Crippen molar-refractivity contribution in [2.45, 2.75) is 20.8 Å². The molecular weight excluding hydrogens is 338 g/mol. The number of ether oxygens (including phenoxy) is 1. The Kier molecular flexibility index (Phi) is 4.85. The van der Waals surface area contributed by atoms with Gasteiger partial charge < -0.3 is 9.84 Å². The Morgan fingerprint density at radius 2 is 2.16 bits per heavy atom. The second-order valence-corrected chi connectivity index (χ2v) is 7.14. The number of nitrogens with zero attached hydrogens (tertiary/aromatic N) is 2. The Morgan fingerprint density at radius 1 is 1.36 bits per heavy atom. The van der Waals surface area contributed by atoms with Gasteiger partial charge in [-0.2, -0.15) is 5.10 Å². The van der Waals surface area contributed by atoms with E-state index in [9.17, 15) is 9.90 Å². The molecule has 0 spiro atoms. The van der Waals surface area contributed by atoms with Crippen molar-refractivity contribution in [3.63, 3.8) is 0 Å². The lowest BCUT2D eigenvalue weighted by Gasteiger charge is -2.13. The zero-order valence-corrected chi connectivity index (χ0v) is 15.1. The van der Waals surface area contributed by atoms with Gasteiger partial charge in [-0.3, -0.25) is 5.10 Å². The Hall–Kier alpha value is -2.67. The number of benzene rings is 1. The van der Waals surface area contributed by atoms with Crippen LogP contribution < -0.4 is 4.74 Å². The van der Waals surface area contributed by atoms with Crippen LogP contribution in [0.1, 0.15) is 29.2 Å². The first-order valence-corrected chi connectivity index (χ1v) is 8.74. The van der Waals surface area contributed by atoms with Crippen LogP contribution >= 0.6 is 11.3 Å². The van der Waals surface area contributed by atoms with Crippen molar-refractivity contribution in [1.82, 2.24) is 15.2 Å². The van der Waals surface area contributed by atoms with E-state index in [1.165, 1.54) is 11.3 Å². The van der Waals surface area contributed by atoms with Gasteiger partial charge >= 0.3 is 5.97 Å². The van der Waals surface area contributed by atoms with Crippen molar-refractivity contribution in [2.24, 2.45) is 5.92 Å². The molecule has 0 aliphatic heterocycles. The minimum atomic E-state index is -0.951. The van der Waals surface area contributed by atoms with Gasteiger partial charge in [-0.15, -0.1) is 11.3 Å². The Labute approximate surface area is 149 Å². The Morgan fingerprint density at radius 3 is 2.76 bits per heavy atom. The zero-order valence-electron chi connectivity index (χ0n) is 14.2. The summed E-state index contributed by atoms with van der Waals surface area (Å²) in [5, 5.41) is 16.7. The van der Waals surface area contributed by atoms with Gasteiger partial charge in [0.1, 0.15) is 15.6 Å². The summed E-state index contributed by atoms with van der Waals surface area (Å²) in [4.78, 5) is 15.9. The van der Waals surface area contributed by atoms with E-state index >= 15 is 0 Å². The number of nitrogens with one attached hydrogen (secondary N) is 1. The molecule has 0 saturated carbocycles. The third-order valence-corrected chi connectivity index (χ3v) is 4.79. The van der Waals surface area contributed by atoms with Crippen LogP contribution in [0.4, 0.5) is 0 Å². The molecule has 1 aromatic carbocycles. The van der Waals surface area contributed by atoms with Crippen LogP contribution in [0.15, 0.2) is 30.6 Å². The fourth-order valence-electron chi connectivity index (χ4n) is 2.39. The first kappa shape index (κ1) is 17.2. The molecule has 3 rings (SSSR count). The highest BCUT2D eigenvalue weighted by molar-refractivity contribution is 7.17. The highest BCUT2D eigenvalue weighted by atomic mass is 32.1. The van der Waals surface area contributed by atoms with Gasteiger partial charge in [-0.25, -0.2) is 9.78 Å². The van der Waals surface area contributed by atoms with Crippen molar-refractivity contribution < 1.29 is 14.6 Å². The minimum absolute atomic E-state index is 0.264. The number of aromatic nitrogens is 3. The van der Waals surface area contributed by atoms with E-state index < -0.39 is 5.97 Å². The maximum Gasteiger partial charge on any atom is 0.347 e. The summed E-state index contributed by atoms with van der Waals surface area (Å²) >= 11 is 1.18. The summed E-state index contributed by atoms with van der Waals surface area (Å²) < 4.78 is 5.93. The predicted octanol–water partition coefficient (Wildman–Crippen LogP) is 4.24. The lowest BCUT2D eigenvalue weighted by Crippen LogP contribution is -2.05. The van der Waals surface area contributed by atoms with Gasteiger partial charge in [0.2, 0.25) is 0 Å². The smallest absolute Gasteiger partial charge is 0.347 e. The number of hydrogen-bond donors (Lipinski definition) is 2. The zero-order chi connectivity index (χ0) is 18.0. The van der Waals surface area contributed by atoms with Crippen molar-refractivity contribution in [3.05, 3.63) is 41.2 Å². The van der Waals surface area contributed by atoms with Gasteiger partial charge in [0, 0.05) is 22.9 Å². The second kappa shape index (κ2) is 7.06. The molecule has 0 fully saturated rings. The Bertz CT molecular complexity index is 885. The van der Waals surface area contributed by atoms with Crippen LogP contribution in [0, 0.1) is 12.8 Å². The quantitative estimate of drug-likeness (QED) is 0.689. The van der Waals surface area contributed by atoms with Crippen LogP contribution in [0.5, 0.6) is 5.75 Å². The molecule has 7 heteroatoms. The molecule has 0 saturated heterocycles. The van der Waals surface area contributed by atoms with Gasteiger partial charge in [0.25, 0.3) is 0 Å². The molecule has 25 heavy (non-hydrogen) atoms. The maximum absolute atomic E-state index is 11.3. The molecular formula is C18H19N3O3S. The van der Waals surface area contributed by atoms with E-state index in [2.05, 4.69) is 29.0 Å². The molecule has 6 nitrogen and oxygen atoms in total. The third-order valence-electron chi connectivity index (χ3n) is 3.60. The van der Waals surface area contributed by atoms with E-state index in [1.807, 2.05) is 18.2 Å². The highest BCUT2D eigenvalue weighted by Crippen LogP contribution is 2.36. The van der Waals surface area contributed by atoms with Crippen molar-refractivity contribution >= 4 is 17.3 Å². The van der Waals surface area contributed by atoms with Crippen LogP contribution in [-0.4, -0.2) is 32.9 Å². The lowest BCUT2D eigenvalue weighted by molar-refractivity contribution is 0.0701. The van der Waals surface area contributed by atoms with E-state index in [0.29, 0.717) is 23.2 Å². The molecule has 0 aliphatic rings. The normalized spacial score (nSPS) is 11.0. The molecule has 2 heterocycles. The lowest BCUT2D eigenvalue weighted by atomic mass is 10.0. The number of carbonyl (C=O) groups is 1. The van der Waals surface area contributed by atoms with E-state index in [1.54, 1.807) is 19.3 Å². The fraction of sp³-hybridized carbons (Fsp3) is 0.278. The molecule has 0 amide bonds. The molecule has 3 aromatic rings. The number of aromatic amines is 1. The molecule has 0 unspecified atom stereocenters. The van der Waals surface area contributed by atoms with Crippen molar-refractivity contribution in [1.29, 1.82) is 0 Å². The third kappa shape index (κ3) is 3.71. The molecule has 0 bridgehead atoms. The molecule has 2 N–H and O–H groups in total. The summed E-state index contributed by atoms with van der Waals surface area (Å²) in [6.45, 7) is 6.51. The second-order valence-electron chi connectivity index (χ2n) is 6.14. The molecule has 0 atom stereocenters. The number of carboxylic acid groups (broad SMARTS) is 1. The van der Waals surface area contributed by atoms with Crippen LogP contribution in [-0.2, 0) is 0 Å². The Balaban J connectivity index is 2.03. The maximum atomic E-state index is 11.3. The van der Waals surface area contributed by atoms with Crippen LogP contribution in [0.25, 0.3) is 21.7 Å². The number of aryl methyl sites for hydroxylation is 1. The minimum Gasteiger partial charge on any atom is -0.493 e. The summed E-state index contributed by atoms with van der Waals surface area (Å²) in [6, 6.07) is 5.77. The van der Waals surface area contributed by atoms with Crippen LogP contribution in [0.2, 0.25) is 0 Å². The summed E-state index contributed by atoms with van der Waals surface area (Å²) in [5.41, 5.74) is 3.19. The number of carboxylic acids is 1. The molecule has 0 aliphatic carbocycles. The predicted molar refractivity (Wildman–Crippen MR) is 97.2 cm³/mol. The molecule has 130 valence electrons. The van der Waals surface area contributed by atoms with E-state index in [4.69, 9.17) is 4.74 Å². The number of H-pyrrole nitrogens is 1. The molecule has 0 radical (unpaired) electrons. The number of rotatable bonds is 6. The van der Waals surface area contributed by atoms with Gasteiger partial charge in [0.05, 0.1) is 18.5 Å². The summed E-state index contributed by atoms with van der Waals surface area (Å²) in [7, 11) is 0. The van der Waals surface area contributed by atoms with Crippen LogP contribution in [0.3, 0.4) is 0 Å². The summed E-state index contributed by atoms with van der Waals surface area (Å²) in [5.74, 6) is 0.232. The number of thiazole rings is 1. The average Bonchev–Trinajstić information content (AvgIpc) is 3.22. The van der Waals surface area contributed by atoms with E-state index in [0.717, 1.165) is 22.4 Å². The topological polar surface area (TPSA) is 88.1 Å². The van der Waals surface area contributed by atoms with Gasteiger partial charge in [-0.05, 0) is 31.0 Å². The first-order valence-electron chi connectivity index (χ1n) is 7.92. The SMILES string of the molecule is Cc1nc(-c2ccc(OCC(C)C)c(-c3cn[nH]c3)c2)sc1C(=O)O. The van der Waals surface area contributed by atoms with E-state index in [-0.39, 0.29) is 4.88 Å². The fourth-order valence-corrected chi connectivity index (χ4v) is 3.29.